The van der Waals surface area contributed by atoms with E-state index in [-0.39, 0.29) is 18.0 Å². The molecule has 1 unspecified atom stereocenters. The molecule has 0 aliphatic rings. The zero-order valence-corrected chi connectivity index (χ0v) is 12.1. The SMILES string of the molecule is CCC(C)N(CC)C(=O)N[C@H](CC(C)C)C(=O)O. The summed E-state index contributed by atoms with van der Waals surface area (Å²) < 4.78 is 0. The van der Waals surface area contributed by atoms with E-state index in [1.54, 1.807) is 4.90 Å². The van der Waals surface area contributed by atoms with E-state index in [0.717, 1.165) is 6.42 Å². The van der Waals surface area contributed by atoms with E-state index in [4.69, 9.17) is 5.11 Å². The maximum absolute atomic E-state index is 12.0. The smallest absolute Gasteiger partial charge is 0.326 e. The fraction of sp³-hybridized carbons (Fsp3) is 0.846. The number of amides is 2. The first kappa shape index (κ1) is 16.7. The van der Waals surface area contributed by atoms with Crippen LogP contribution in [0, 0.1) is 5.92 Å². The number of carboxylic acid groups (broad SMARTS) is 1. The van der Waals surface area contributed by atoms with Gasteiger partial charge in [0.15, 0.2) is 0 Å². The molecule has 0 bridgehead atoms. The van der Waals surface area contributed by atoms with Crippen molar-refractivity contribution in [2.45, 2.75) is 59.5 Å². The van der Waals surface area contributed by atoms with Crippen LogP contribution in [-0.2, 0) is 4.79 Å². The molecular formula is C13H26N2O3. The van der Waals surface area contributed by atoms with Gasteiger partial charge in [-0.25, -0.2) is 9.59 Å². The normalized spacial score (nSPS) is 14.1. The van der Waals surface area contributed by atoms with Gasteiger partial charge in [0.25, 0.3) is 0 Å². The predicted octanol–water partition coefficient (Wildman–Crippen LogP) is 2.32. The second-order valence-corrected chi connectivity index (χ2v) is 5.01. The number of nitrogens with zero attached hydrogens (tertiary/aromatic N) is 1. The zero-order valence-electron chi connectivity index (χ0n) is 12.1. The Hall–Kier alpha value is -1.26. The first-order valence-electron chi connectivity index (χ1n) is 6.63. The molecule has 18 heavy (non-hydrogen) atoms. The van der Waals surface area contributed by atoms with Crippen molar-refractivity contribution in [3.05, 3.63) is 0 Å². The number of nitrogens with one attached hydrogen (secondary N) is 1. The molecule has 0 aromatic rings. The summed E-state index contributed by atoms with van der Waals surface area (Å²) in [6.45, 7) is 10.3. The summed E-state index contributed by atoms with van der Waals surface area (Å²) in [7, 11) is 0. The molecule has 5 nitrogen and oxygen atoms in total. The third-order valence-electron chi connectivity index (χ3n) is 3.03. The van der Waals surface area contributed by atoms with Crippen molar-refractivity contribution in [3.63, 3.8) is 0 Å². The number of hydrogen-bond donors (Lipinski definition) is 2. The Morgan fingerprint density at radius 3 is 2.11 bits per heavy atom. The van der Waals surface area contributed by atoms with Crippen LogP contribution in [-0.4, -0.2) is 40.6 Å². The first-order chi connectivity index (χ1) is 8.33. The molecule has 0 radical (unpaired) electrons. The van der Waals surface area contributed by atoms with Crippen molar-refractivity contribution in [3.8, 4) is 0 Å². The number of rotatable bonds is 7. The molecule has 0 aromatic heterocycles. The topological polar surface area (TPSA) is 69.6 Å². The maximum Gasteiger partial charge on any atom is 0.326 e. The lowest BCUT2D eigenvalue weighted by atomic mass is 10.0. The monoisotopic (exact) mass is 258 g/mol. The molecule has 0 aromatic carbocycles. The van der Waals surface area contributed by atoms with Gasteiger partial charge in [0.1, 0.15) is 6.04 Å². The molecule has 0 aliphatic heterocycles. The van der Waals surface area contributed by atoms with Gasteiger partial charge in [0.2, 0.25) is 0 Å². The summed E-state index contributed by atoms with van der Waals surface area (Å²) in [4.78, 5) is 24.8. The third-order valence-corrected chi connectivity index (χ3v) is 3.03. The highest BCUT2D eigenvalue weighted by molar-refractivity contribution is 5.82. The number of carbonyl (C=O) groups excluding carboxylic acids is 1. The van der Waals surface area contributed by atoms with Crippen LogP contribution >= 0.6 is 0 Å². The molecule has 0 heterocycles. The fourth-order valence-electron chi connectivity index (χ4n) is 1.80. The lowest BCUT2D eigenvalue weighted by molar-refractivity contribution is -0.139. The van der Waals surface area contributed by atoms with E-state index < -0.39 is 12.0 Å². The third kappa shape index (κ3) is 5.38. The summed E-state index contributed by atoms with van der Waals surface area (Å²) in [5.74, 6) is -0.748. The molecule has 0 fully saturated rings. The van der Waals surface area contributed by atoms with Crippen molar-refractivity contribution in [1.82, 2.24) is 10.2 Å². The van der Waals surface area contributed by atoms with E-state index in [2.05, 4.69) is 5.32 Å². The Morgan fingerprint density at radius 2 is 1.78 bits per heavy atom. The largest absolute Gasteiger partial charge is 0.480 e. The van der Waals surface area contributed by atoms with Crippen LogP contribution in [0.4, 0.5) is 4.79 Å². The van der Waals surface area contributed by atoms with E-state index in [9.17, 15) is 9.59 Å². The van der Waals surface area contributed by atoms with E-state index in [0.29, 0.717) is 13.0 Å². The number of hydrogen-bond acceptors (Lipinski definition) is 2. The zero-order chi connectivity index (χ0) is 14.3. The highest BCUT2D eigenvalue weighted by Gasteiger charge is 2.25. The fourth-order valence-corrected chi connectivity index (χ4v) is 1.80. The van der Waals surface area contributed by atoms with Gasteiger partial charge in [-0.15, -0.1) is 0 Å². The van der Waals surface area contributed by atoms with Crippen LogP contribution in [0.1, 0.15) is 47.5 Å². The average molecular weight is 258 g/mol. The van der Waals surface area contributed by atoms with Gasteiger partial charge in [-0.05, 0) is 32.6 Å². The maximum atomic E-state index is 12.0. The molecule has 0 saturated heterocycles. The average Bonchev–Trinajstić information content (AvgIpc) is 2.27. The molecule has 2 N–H and O–H groups in total. The predicted molar refractivity (Wildman–Crippen MR) is 71.5 cm³/mol. The Kier molecular flexibility index (Phi) is 7.39. The van der Waals surface area contributed by atoms with Gasteiger partial charge in [-0.3, -0.25) is 0 Å². The van der Waals surface area contributed by atoms with Crippen LogP contribution in [0.3, 0.4) is 0 Å². The Morgan fingerprint density at radius 1 is 1.22 bits per heavy atom. The second-order valence-electron chi connectivity index (χ2n) is 5.01. The Balaban J connectivity index is 4.61. The highest BCUT2D eigenvalue weighted by Crippen LogP contribution is 2.08. The Labute approximate surface area is 110 Å². The van der Waals surface area contributed by atoms with Crippen molar-refractivity contribution in [1.29, 1.82) is 0 Å². The van der Waals surface area contributed by atoms with Crippen molar-refractivity contribution < 1.29 is 14.7 Å². The first-order valence-corrected chi connectivity index (χ1v) is 6.63. The van der Waals surface area contributed by atoms with Crippen LogP contribution in [0.5, 0.6) is 0 Å². The molecule has 5 heteroatoms. The van der Waals surface area contributed by atoms with Gasteiger partial charge in [0.05, 0.1) is 0 Å². The van der Waals surface area contributed by atoms with Crippen LogP contribution in [0.25, 0.3) is 0 Å². The Bertz CT molecular complexity index is 279. The number of carboxylic acids is 1. The van der Waals surface area contributed by atoms with Crippen molar-refractivity contribution >= 4 is 12.0 Å². The minimum absolute atomic E-state index is 0.114. The van der Waals surface area contributed by atoms with Crippen molar-refractivity contribution in [2.24, 2.45) is 5.92 Å². The minimum atomic E-state index is -0.975. The molecule has 0 rings (SSSR count). The molecule has 2 amide bonds. The summed E-state index contributed by atoms with van der Waals surface area (Å²) >= 11 is 0. The summed E-state index contributed by atoms with van der Waals surface area (Å²) in [5, 5.41) is 11.7. The standard InChI is InChI=1S/C13H26N2O3/c1-6-10(5)15(7-2)13(18)14-11(12(16)17)8-9(3)4/h9-11H,6-8H2,1-5H3,(H,14,18)(H,16,17)/t10?,11-/m1/s1. The van der Waals surface area contributed by atoms with Gasteiger partial charge in [0, 0.05) is 12.6 Å². The summed E-state index contributed by atoms with van der Waals surface area (Å²) in [6, 6.07) is -0.987. The van der Waals surface area contributed by atoms with Gasteiger partial charge in [-0.1, -0.05) is 20.8 Å². The molecule has 0 spiro atoms. The highest BCUT2D eigenvalue weighted by atomic mass is 16.4. The molecule has 0 saturated carbocycles. The lowest BCUT2D eigenvalue weighted by Crippen LogP contribution is -2.50. The molecule has 2 atom stereocenters. The van der Waals surface area contributed by atoms with Gasteiger partial charge in [-0.2, -0.15) is 0 Å². The van der Waals surface area contributed by atoms with Gasteiger partial charge < -0.3 is 15.3 Å². The summed E-state index contributed by atoms with van der Waals surface area (Å²) in [5.41, 5.74) is 0. The quantitative estimate of drug-likeness (QED) is 0.736. The van der Waals surface area contributed by atoms with Gasteiger partial charge >= 0.3 is 12.0 Å². The molecule has 0 aliphatic carbocycles. The summed E-state index contributed by atoms with van der Waals surface area (Å²) in [6.07, 6.45) is 1.29. The lowest BCUT2D eigenvalue weighted by Gasteiger charge is -2.29. The molecular weight excluding hydrogens is 232 g/mol. The van der Waals surface area contributed by atoms with E-state index in [1.165, 1.54) is 0 Å². The number of carbonyl (C=O) groups is 2. The van der Waals surface area contributed by atoms with Crippen LogP contribution in [0.2, 0.25) is 0 Å². The number of urea groups is 1. The van der Waals surface area contributed by atoms with E-state index in [1.807, 2.05) is 34.6 Å². The van der Waals surface area contributed by atoms with Crippen molar-refractivity contribution in [2.75, 3.05) is 6.54 Å². The molecule has 106 valence electrons. The second kappa shape index (κ2) is 7.95. The van der Waals surface area contributed by atoms with Crippen LogP contribution < -0.4 is 5.32 Å². The number of aliphatic carboxylic acids is 1. The van der Waals surface area contributed by atoms with Crippen LogP contribution in [0.15, 0.2) is 0 Å². The minimum Gasteiger partial charge on any atom is -0.480 e. The van der Waals surface area contributed by atoms with E-state index >= 15 is 0 Å².